The molecule has 1 fully saturated rings. The third kappa shape index (κ3) is 3.96. The number of aliphatic hydroxyl groups is 1. The van der Waals surface area contributed by atoms with E-state index in [1.807, 2.05) is 0 Å². The van der Waals surface area contributed by atoms with E-state index in [4.69, 9.17) is 0 Å². The summed E-state index contributed by atoms with van der Waals surface area (Å²) in [5.41, 5.74) is -0.143. The molecule has 112 valence electrons. The first kappa shape index (κ1) is 15.3. The van der Waals surface area contributed by atoms with E-state index in [9.17, 15) is 18.3 Å². The summed E-state index contributed by atoms with van der Waals surface area (Å²) in [6.45, 7) is 3.11. The van der Waals surface area contributed by atoms with Crippen molar-refractivity contribution in [3.05, 3.63) is 35.4 Å². The Kier molecular flexibility index (Phi) is 4.70. The van der Waals surface area contributed by atoms with Crippen LogP contribution in [0.4, 0.5) is 13.2 Å². The molecule has 5 heteroatoms. The number of rotatable bonds is 3. The van der Waals surface area contributed by atoms with Gasteiger partial charge in [0.2, 0.25) is 0 Å². The van der Waals surface area contributed by atoms with Gasteiger partial charge in [-0.3, -0.25) is 0 Å². The molecule has 1 aromatic carbocycles. The summed E-state index contributed by atoms with van der Waals surface area (Å²) in [5.74, 6) is 0.626. The van der Waals surface area contributed by atoms with E-state index in [2.05, 4.69) is 12.2 Å². The van der Waals surface area contributed by atoms with Gasteiger partial charge in [-0.25, -0.2) is 0 Å². The summed E-state index contributed by atoms with van der Waals surface area (Å²) in [6, 6.07) is 5.00. The molecule has 0 aliphatic carbocycles. The minimum absolute atomic E-state index is 0.232. The van der Waals surface area contributed by atoms with Crippen LogP contribution in [0.25, 0.3) is 0 Å². The first-order valence-electron chi connectivity index (χ1n) is 6.95. The van der Waals surface area contributed by atoms with E-state index in [0.717, 1.165) is 31.5 Å². The zero-order valence-electron chi connectivity index (χ0n) is 11.5. The van der Waals surface area contributed by atoms with Crippen LogP contribution in [0.15, 0.2) is 24.3 Å². The molecule has 0 spiro atoms. The maximum absolute atomic E-state index is 12.5. The molecule has 0 radical (unpaired) electrons. The highest BCUT2D eigenvalue weighted by molar-refractivity contribution is 5.26. The number of benzene rings is 1. The number of piperidine rings is 1. The molecule has 1 aliphatic heterocycles. The molecule has 0 amide bonds. The number of nitrogens with one attached hydrogen (secondary N) is 1. The average molecular weight is 287 g/mol. The molecule has 1 aromatic rings. The zero-order valence-corrected chi connectivity index (χ0v) is 11.5. The van der Waals surface area contributed by atoms with E-state index in [-0.39, 0.29) is 6.04 Å². The predicted octanol–water partition coefficient (Wildman–Crippen LogP) is 3.52. The Labute approximate surface area is 117 Å². The lowest BCUT2D eigenvalue weighted by atomic mass is 9.90. The highest BCUT2D eigenvalue weighted by atomic mass is 19.4. The van der Waals surface area contributed by atoms with Gasteiger partial charge in [0.1, 0.15) is 0 Å². The van der Waals surface area contributed by atoms with Crippen molar-refractivity contribution in [2.24, 2.45) is 5.92 Å². The van der Waals surface area contributed by atoms with Crippen molar-refractivity contribution in [1.29, 1.82) is 0 Å². The van der Waals surface area contributed by atoms with Crippen LogP contribution in [0.2, 0.25) is 0 Å². The molecule has 3 unspecified atom stereocenters. The van der Waals surface area contributed by atoms with Crippen LogP contribution < -0.4 is 5.32 Å². The lowest BCUT2D eigenvalue weighted by Gasteiger charge is -2.29. The molecular weight excluding hydrogens is 267 g/mol. The molecule has 1 saturated heterocycles. The summed E-state index contributed by atoms with van der Waals surface area (Å²) >= 11 is 0. The van der Waals surface area contributed by atoms with E-state index in [1.165, 1.54) is 12.1 Å². The Morgan fingerprint density at radius 2 is 1.95 bits per heavy atom. The van der Waals surface area contributed by atoms with Gasteiger partial charge in [0.15, 0.2) is 0 Å². The van der Waals surface area contributed by atoms with Gasteiger partial charge >= 0.3 is 6.18 Å². The molecule has 2 N–H and O–H groups in total. The second-order valence-electron chi connectivity index (χ2n) is 5.65. The summed E-state index contributed by atoms with van der Waals surface area (Å²) in [5, 5.41) is 13.5. The number of halogens is 3. The molecule has 2 nitrogen and oxygen atoms in total. The molecule has 2 rings (SSSR count). The van der Waals surface area contributed by atoms with E-state index >= 15 is 0 Å². The fourth-order valence-corrected chi connectivity index (χ4v) is 2.70. The summed E-state index contributed by atoms with van der Waals surface area (Å²) < 4.78 is 37.4. The quantitative estimate of drug-likeness (QED) is 0.891. The zero-order chi connectivity index (χ0) is 14.8. The second-order valence-corrected chi connectivity index (χ2v) is 5.65. The van der Waals surface area contributed by atoms with Gasteiger partial charge in [-0.2, -0.15) is 13.2 Å². The highest BCUT2D eigenvalue weighted by Crippen LogP contribution is 2.31. The van der Waals surface area contributed by atoms with E-state index < -0.39 is 17.8 Å². The number of alkyl halides is 3. The van der Waals surface area contributed by atoms with Crippen LogP contribution in [-0.2, 0) is 6.18 Å². The molecule has 3 atom stereocenters. The van der Waals surface area contributed by atoms with Crippen LogP contribution in [0.1, 0.15) is 43.4 Å². The molecule has 0 saturated carbocycles. The predicted molar refractivity (Wildman–Crippen MR) is 71.2 cm³/mol. The van der Waals surface area contributed by atoms with Gasteiger partial charge in [-0.15, -0.1) is 0 Å². The Morgan fingerprint density at radius 1 is 1.30 bits per heavy atom. The van der Waals surface area contributed by atoms with Crippen molar-refractivity contribution in [2.75, 3.05) is 6.54 Å². The third-order valence-corrected chi connectivity index (χ3v) is 3.89. The van der Waals surface area contributed by atoms with Gasteiger partial charge in [0.25, 0.3) is 0 Å². The van der Waals surface area contributed by atoms with Crippen LogP contribution in [0, 0.1) is 5.92 Å². The Morgan fingerprint density at radius 3 is 2.50 bits per heavy atom. The fourth-order valence-electron chi connectivity index (χ4n) is 2.70. The highest BCUT2D eigenvalue weighted by Gasteiger charge is 2.30. The largest absolute Gasteiger partial charge is 0.416 e. The third-order valence-electron chi connectivity index (χ3n) is 3.89. The van der Waals surface area contributed by atoms with Gasteiger partial charge in [0.05, 0.1) is 11.7 Å². The van der Waals surface area contributed by atoms with Crippen molar-refractivity contribution >= 4 is 0 Å². The van der Waals surface area contributed by atoms with Crippen LogP contribution in [0.5, 0.6) is 0 Å². The molecule has 1 aliphatic rings. The minimum Gasteiger partial charge on any atom is -0.388 e. The number of hydrogen-bond donors (Lipinski definition) is 2. The SMILES string of the molecule is CC1CCNC(CC(O)c2ccc(C(F)(F)F)cc2)C1. The number of aliphatic hydroxyl groups excluding tert-OH is 1. The van der Waals surface area contributed by atoms with Gasteiger partial charge in [-0.1, -0.05) is 19.1 Å². The molecule has 0 aromatic heterocycles. The van der Waals surface area contributed by atoms with Crippen molar-refractivity contribution in [3.63, 3.8) is 0 Å². The smallest absolute Gasteiger partial charge is 0.388 e. The summed E-state index contributed by atoms with van der Waals surface area (Å²) in [6.07, 6.45) is -2.38. The summed E-state index contributed by atoms with van der Waals surface area (Å²) in [4.78, 5) is 0. The lowest BCUT2D eigenvalue weighted by molar-refractivity contribution is -0.137. The van der Waals surface area contributed by atoms with Gasteiger partial charge < -0.3 is 10.4 Å². The maximum atomic E-state index is 12.5. The van der Waals surface area contributed by atoms with Crippen molar-refractivity contribution in [3.8, 4) is 0 Å². The van der Waals surface area contributed by atoms with Crippen molar-refractivity contribution in [2.45, 2.75) is 44.5 Å². The van der Waals surface area contributed by atoms with Crippen LogP contribution in [-0.4, -0.2) is 17.7 Å². The molecule has 20 heavy (non-hydrogen) atoms. The average Bonchev–Trinajstić information content (AvgIpc) is 2.38. The Balaban J connectivity index is 1.97. The van der Waals surface area contributed by atoms with E-state index in [1.54, 1.807) is 0 Å². The lowest BCUT2D eigenvalue weighted by Crippen LogP contribution is -2.38. The van der Waals surface area contributed by atoms with Gasteiger partial charge in [-0.05, 0) is 49.4 Å². The Hall–Kier alpha value is -1.07. The standard InChI is InChI=1S/C15H20F3NO/c1-10-6-7-19-13(8-10)9-14(20)11-2-4-12(5-3-11)15(16,17)18/h2-5,10,13-14,19-20H,6-9H2,1H3. The Bertz CT molecular complexity index is 430. The van der Waals surface area contributed by atoms with E-state index in [0.29, 0.717) is 17.9 Å². The molecule has 0 bridgehead atoms. The van der Waals surface area contributed by atoms with Crippen LogP contribution in [0.3, 0.4) is 0 Å². The molecular formula is C15H20F3NO. The van der Waals surface area contributed by atoms with Crippen molar-refractivity contribution < 1.29 is 18.3 Å². The summed E-state index contributed by atoms with van der Waals surface area (Å²) in [7, 11) is 0. The topological polar surface area (TPSA) is 32.3 Å². The second kappa shape index (κ2) is 6.14. The fraction of sp³-hybridized carbons (Fsp3) is 0.600. The number of hydrogen-bond acceptors (Lipinski definition) is 2. The van der Waals surface area contributed by atoms with Gasteiger partial charge in [0, 0.05) is 6.04 Å². The normalized spacial score (nSPS) is 25.4. The monoisotopic (exact) mass is 287 g/mol. The van der Waals surface area contributed by atoms with Crippen LogP contribution >= 0.6 is 0 Å². The maximum Gasteiger partial charge on any atom is 0.416 e. The molecule has 1 heterocycles. The minimum atomic E-state index is -4.33. The first-order valence-corrected chi connectivity index (χ1v) is 6.95. The first-order chi connectivity index (χ1) is 9.36. The van der Waals surface area contributed by atoms with Crippen molar-refractivity contribution in [1.82, 2.24) is 5.32 Å².